The third kappa shape index (κ3) is 3.46. The van der Waals surface area contributed by atoms with E-state index >= 15 is 0 Å². The largest absolute Gasteiger partial charge is 0.483 e. The molecule has 23 heavy (non-hydrogen) atoms. The van der Waals surface area contributed by atoms with E-state index in [0.29, 0.717) is 12.4 Å². The maximum absolute atomic E-state index is 12.1. The van der Waals surface area contributed by atoms with Crippen molar-refractivity contribution in [2.75, 3.05) is 6.61 Å². The molecule has 1 aliphatic rings. The summed E-state index contributed by atoms with van der Waals surface area (Å²) >= 11 is 0. The molecule has 1 saturated heterocycles. The van der Waals surface area contributed by atoms with Crippen molar-refractivity contribution in [3.8, 4) is 5.75 Å². The van der Waals surface area contributed by atoms with Crippen LogP contribution < -0.4 is 10.2 Å². The van der Waals surface area contributed by atoms with Crippen LogP contribution in [0.5, 0.6) is 5.75 Å². The van der Waals surface area contributed by atoms with Crippen molar-refractivity contribution < 1.29 is 14.6 Å². The molecule has 1 aromatic heterocycles. The molecule has 0 radical (unpaired) electrons. The van der Waals surface area contributed by atoms with E-state index in [2.05, 4.69) is 0 Å². The SMILES string of the molecule is Cc1c(OCc2ccccc2)c(=O)ccn1[C@@H]1CC[C@H](CO)O1. The summed E-state index contributed by atoms with van der Waals surface area (Å²) in [7, 11) is 0. The highest BCUT2D eigenvalue weighted by Crippen LogP contribution is 2.30. The maximum atomic E-state index is 12.1. The van der Waals surface area contributed by atoms with Crippen LogP contribution in [-0.4, -0.2) is 22.4 Å². The molecule has 2 atom stereocenters. The second kappa shape index (κ2) is 6.98. The van der Waals surface area contributed by atoms with E-state index in [1.165, 1.54) is 6.07 Å². The predicted octanol–water partition coefficient (Wildman–Crippen LogP) is 2.41. The van der Waals surface area contributed by atoms with Crippen molar-refractivity contribution in [3.05, 3.63) is 64.1 Å². The number of hydrogen-bond acceptors (Lipinski definition) is 4. The minimum Gasteiger partial charge on any atom is -0.483 e. The normalized spacial score (nSPS) is 20.6. The maximum Gasteiger partial charge on any atom is 0.223 e. The molecular formula is C18H21NO4. The van der Waals surface area contributed by atoms with Crippen LogP contribution in [0.3, 0.4) is 0 Å². The topological polar surface area (TPSA) is 60.7 Å². The monoisotopic (exact) mass is 315 g/mol. The smallest absolute Gasteiger partial charge is 0.223 e. The lowest BCUT2D eigenvalue weighted by molar-refractivity contribution is -0.0238. The first-order chi connectivity index (χ1) is 11.2. The van der Waals surface area contributed by atoms with Crippen LogP contribution in [0.25, 0.3) is 0 Å². The molecular weight excluding hydrogens is 294 g/mol. The van der Waals surface area contributed by atoms with Crippen LogP contribution in [0.4, 0.5) is 0 Å². The molecule has 5 heteroatoms. The van der Waals surface area contributed by atoms with Gasteiger partial charge in [0.05, 0.1) is 18.4 Å². The minimum atomic E-state index is -0.160. The van der Waals surface area contributed by atoms with Crippen molar-refractivity contribution in [1.82, 2.24) is 4.57 Å². The quantitative estimate of drug-likeness (QED) is 0.920. The van der Waals surface area contributed by atoms with Gasteiger partial charge in [0, 0.05) is 12.3 Å². The highest BCUT2D eigenvalue weighted by atomic mass is 16.5. The Kier molecular flexibility index (Phi) is 4.79. The first-order valence-electron chi connectivity index (χ1n) is 7.84. The fraction of sp³-hybridized carbons (Fsp3) is 0.389. The van der Waals surface area contributed by atoms with Crippen LogP contribution in [0.1, 0.15) is 30.3 Å². The van der Waals surface area contributed by atoms with E-state index in [9.17, 15) is 9.90 Å². The van der Waals surface area contributed by atoms with Gasteiger partial charge in [0.25, 0.3) is 0 Å². The van der Waals surface area contributed by atoms with Crippen molar-refractivity contribution in [3.63, 3.8) is 0 Å². The zero-order chi connectivity index (χ0) is 16.2. The lowest BCUT2D eigenvalue weighted by atomic mass is 10.2. The zero-order valence-electron chi connectivity index (χ0n) is 13.1. The van der Waals surface area contributed by atoms with Crippen LogP contribution >= 0.6 is 0 Å². The second-order valence-electron chi connectivity index (χ2n) is 5.75. The summed E-state index contributed by atoms with van der Waals surface area (Å²) in [6.45, 7) is 2.23. The Balaban J connectivity index is 1.80. The molecule has 0 spiro atoms. The summed E-state index contributed by atoms with van der Waals surface area (Å²) in [5, 5.41) is 9.20. The first kappa shape index (κ1) is 15.8. The molecule has 0 aliphatic carbocycles. The molecule has 0 unspecified atom stereocenters. The number of rotatable bonds is 5. The van der Waals surface area contributed by atoms with Gasteiger partial charge in [-0.3, -0.25) is 4.79 Å². The standard InChI is InChI=1S/C18H21NO4/c1-13-18(22-12-14-5-3-2-4-6-14)16(21)9-10-19(13)17-8-7-15(11-20)23-17/h2-6,9-10,15,17,20H,7-8,11-12H2,1H3/t15-,17+/m1/s1. The van der Waals surface area contributed by atoms with E-state index in [-0.39, 0.29) is 24.4 Å². The van der Waals surface area contributed by atoms with Crippen LogP contribution in [0.15, 0.2) is 47.4 Å². The van der Waals surface area contributed by atoms with Gasteiger partial charge in [0.1, 0.15) is 12.8 Å². The van der Waals surface area contributed by atoms with Gasteiger partial charge >= 0.3 is 0 Å². The number of aliphatic hydroxyl groups is 1. The van der Waals surface area contributed by atoms with Gasteiger partial charge in [-0.2, -0.15) is 0 Å². The average molecular weight is 315 g/mol. The third-order valence-electron chi connectivity index (χ3n) is 4.15. The van der Waals surface area contributed by atoms with Gasteiger partial charge in [0.15, 0.2) is 5.75 Å². The van der Waals surface area contributed by atoms with Crippen LogP contribution in [0, 0.1) is 6.92 Å². The summed E-state index contributed by atoms with van der Waals surface area (Å²) in [6, 6.07) is 11.3. The van der Waals surface area contributed by atoms with Gasteiger partial charge in [-0.25, -0.2) is 0 Å². The summed E-state index contributed by atoms with van der Waals surface area (Å²) < 4.78 is 13.5. The number of hydrogen-bond donors (Lipinski definition) is 1. The van der Waals surface area contributed by atoms with Gasteiger partial charge in [-0.05, 0) is 25.3 Å². The average Bonchev–Trinajstić information content (AvgIpc) is 3.04. The molecule has 1 fully saturated rings. The molecule has 2 heterocycles. The van der Waals surface area contributed by atoms with Gasteiger partial charge in [-0.15, -0.1) is 0 Å². The van der Waals surface area contributed by atoms with Crippen molar-refractivity contribution in [1.29, 1.82) is 0 Å². The summed E-state index contributed by atoms with van der Waals surface area (Å²) in [4.78, 5) is 12.1. The Labute approximate surface area is 135 Å². The number of aromatic nitrogens is 1. The zero-order valence-corrected chi connectivity index (χ0v) is 13.1. The summed E-state index contributed by atoms with van der Waals surface area (Å²) in [6.07, 6.45) is 3.07. The van der Waals surface area contributed by atoms with E-state index < -0.39 is 0 Å². The highest BCUT2D eigenvalue weighted by Gasteiger charge is 2.27. The van der Waals surface area contributed by atoms with Crippen molar-refractivity contribution >= 4 is 0 Å². The molecule has 2 aromatic rings. The summed E-state index contributed by atoms with van der Waals surface area (Å²) in [5.74, 6) is 0.354. The lowest BCUT2D eigenvalue weighted by Gasteiger charge is -2.20. The Morgan fingerprint density at radius 1 is 1.26 bits per heavy atom. The minimum absolute atomic E-state index is 0.0209. The third-order valence-corrected chi connectivity index (χ3v) is 4.15. The van der Waals surface area contributed by atoms with E-state index in [0.717, 1.165) is 24.1 Å². The molecule has 0 bridgehead atoms. The number of pyridine rings is 1. The Morgan fingerprint density at radius 3 is 2.74 bits per heavy atom. The second-order valence-corrected chi connectivity index (χ2v) is 5.75. The van der Waals surface area contributed by atoms with Crippen LogP contribution in [0.2, 0.25) is 0 Å². The number of ether oxygens (including phenoxy) is 2. The van der Waals surface area contributed by atoms with Gasteiger partial charge < -0.3 is 19.1 Å². The Morgan fingerprint density at radius 2 is 2.04 bits per heavy atom. The van der Waals surface area contributed by atoms with E-state index in [1.807, 2.05) is 41.8 Å². The predicted molar refractivity (Wildman–Crippen MR) is 86.4 cm³/mol. The van der Waals surface area contributed by atoms with Crippen LogP contribution in [-0.2, 0) is 11.3 Å². The van der Waals surface area contributed by atoms with E-state index in [1.54, 1.807) is 6.20 Å². The van der Waals surface area contributed by atoms with Gasteiger partial charge in [-0.1, -0.05) is 30.3 Å². The Bertz CT molecular complexity index is 711. The van der Waals surface area contributed by atoms with E-state index in [4.69, 9.17) is 9.47 Å². The lowest BCUT2D eigenvalue weighted by Crippen LogP contribution is -2.19. The van der Waals surface area contributed by atoms with Crippen molar-refractivity contribution in [2.24, 2.45) is 0 Å². The fourth-order valence-corrected chi connectivity index (χ4v) is 2.87. The molecule has 122 valence electrons. The molecule has 1 aromatic carbocycles. The molecule has 0 saturated carbocycles. The van der Waals surface area contributed by atoms with Gasteiger partial charge in [0.2, 0.25) is 5.43 Å². The fourth-order valence-electron chi connectivity index (χ4n) is 2.87. The number of benzene rings is 1. The first-order valence-corrected chi connectivity index (χ1v) is 7.84. The van der Waals surface area contributed by atoms with Crippen molar-refractivity contribution in [2.45, 2.75) is 38.7 Å². The number of aliphatic hydroxyl groups excluding tert-OH is 1. The molecule has 3 rings (SSSR count). The molecule has 1 N–H and O–H groups in total. The Hall–Kier alpha value is -2.11. The number of nitrogens with zero attached hydrogens (tertiary/aromatic N) is 1. The summed E-state index contributed by atoms with van der Waals surface area (Å²) in [5.41, 5.74) is 1.63. The molecule has 5 nitrogen and oxygen atoms in total. The molecule has 1 aliphatic heterocycles. The highest BCUT2D eigenvalue weighted by molar-refractivity contribution is 5.28. The molecule has 0 amide bonds.